The topological polar surface area (TPSA) is 84.0 Å². The molecule has 2 aromatic rings. The number of rotatable bonds is 5. The van der Waals surface area contributed by atoms with Gasteiger partial charge < -0.3 is 10.6 Å². The highest BCUT2D eigenvalue weighted by molar-refractivity contribution is 6.05. The molecule has 2 aromatic heterocycles. The van der Waals surface area contributed by atoms with Crippen molar-refractivity contribution in [2.45, 2.75) is 25.7 Å². The summed E-state index contributed by atoms with van der Waals surface area (Å²) < 4.78 is 55.8. The number of anilines is 2. The van der Waals surface area contributed by atoms with Crippen molar-refractivity contribution in [3.63, 3.8) is 0 Å². The molecule has 0 unspecified atom stereocenters. The highest BCUT2D eigenvalue weighted by Gasteiger charge is 2.67. The molecule has 0 aromatic carbocycles. The van der Waals surface area contributed by atoms with Gasteiger partial charge in [0.2, 0.25) is 0 Å². The van der Waals surface area contributed by atoms with E-state index >= 15 is 0 Å². The third kappa shape index (κ3) is 3.95. The van der Waals surface area contributed by atoms with E-state index in [0.29, 0.717) is 11.1 Å². The maximum Gasteiger partial charge on any atom is 0.396 e. The minimum atomic E-state index is -5.31. The fraction of sp³-hybridized carbons (Fsp3) is 0.250. The summed E-state index contributed by atoms with van der Waals surface area (Å²) in [6.07, 6.45) is 2.41. The molecule has 2 rings (SSSR count). The van der Waals surface area contributed by atoms with Crippen LogP contribution in [-0.2, 0) is 9.59 Å². The molecule has 0 fully saturated rings. The predicted molar refractivity (Wildman–Crippen MR) is 85.1 cm³/mol. The Hall–Kier alpha value is -3.04. The molecule has 0 aliphatic carbocycles. The van der Waals surface area contributed by atoms with E-state index in [2.05, 4.69) is 9.97 Å². The summed E-state index contributed by atoms with van der Waals surface area (Å²) in [5.74, 6) is -16.0. The molecule has 0 bridgehead atoms. The Balaban J connectivity index is 2.18. The summed E-state index contributed by atoms with van der Waals surface area (Å²) >= 11 is 0. The number of nitrogens with one attached hydrogen (secondary N) is 2. The molecule has 0 aliphatic rings. The average Bonchev–Trinajstić information content (AvgIpc) is 2.54. The van der Waals surface area contributed by atoms with Crippen molar-refractivity contribution in [3.8, 4) is 0 Å². The van der Waals surface area contributed by atoms with E-state index in [1.807, 2.05) is 0 Å². The Morgan fingerprint density at radius 1 is 0.808 bits per heavy atom. The average molecular weight is 370 g/mol. The summed E-state index contributed by atoms with van der Waals surface area (Å²) in [7, 11) is 0. The van der Waals surface area contributed by atoms with Gasteiger partial charge in [-0.1, -0.05) is 0 Å². The Morgan fingerprint density at radius 2 is 1.15 bits per heavy atom. The lowest BCUT2D eigenvalue weighted by molar-refractivity contribution is -0.204. The van der Waals surface area contributed by atoms with Gasteiger partial charge in [0.05, 0.1) is 0 Å². The van der Waals surface area contributed by atoms with Crippen LogP contribution in [-0.4, -0.2) is 33.6 Å². The highest BCUT2D eigenvalue weighted by Crippen LogP contribution is 2.36. The number of pyridine rings is 2. The van der Waals surface area contributed by atoms with Crippen molar-refractivity contribution in [1.82, 2.24) is 9.97 Å². The van der Waals surface area contributed by atoms with Gasteiger partial charge in [0.25, 0.3) is 0 Å². The highest BCUT2D eigenvalue weighted by atomic mass is 19.3. The number of halogens is 4. The number of alkyl halides is 4. The van der Waals surface area contributed by atoms with Crippen LogP contribution in [0.15, 0.2) is 36.7 Å². The van der Waals surface area contributed by atoms with Gasteiger partial charge in [-0.3, -0.25) is 9.59 Å². The Labute approximate surface area is 145 Å². The number of nitrogens with zero attached hydrogens (tertiary/aromatic N) is 2. The van der Waals surface area contributed by atoms with E-state index in [4.69, 9.17) is 0 Å². The summed E-state index contributed by atoms with van der Waals surface area (Å²) in [4.78, 5) is 30.4. The first-order valence-electron chi connectivity index (χ1n) is 7.28. The van der Waals surface area contributed by atoms with Crippen LogP contribution < -0.4 is 10.6 Å². The van der Waals surface area contributed by atoms with Crippen LogP contribution in [0.5, 0.6) is 0 Å². The van der Waals surface area contributed by atoms with Gasteiger partial charge >= 0.3 is 23.7 Å². The van der Waals surface area contributed by atoms with Crippen molar-refractivity contribution >= 4 is 23.5 Å². The van der Waals surface area contributed by atoms with Crippen LogP contribution in [0.1, 0.15) is 11.1 Å². The molecule has 2 heterocycles. The van der Waals surface area contributed by atoms with Crippen LogP contribution in [0.2, 0.25) is 0 Å². The summed E-state index contributed by atoms with van der Waals surface area (Å²) in [5, 5.41) is 3.16. The molecular formula is C16H14F4N4O2. The van der Waals surface area contributed by atoms with Crippen LogP contribution in [0, 0.1) is 13.8 Å². The third-order valence-corrected chi connectivity index (χ3v) is 3.28. The molecule has 10 heteroatoms. The second-order valence-corrected chi connectivity index (χ2v) is 5.49. The second kappa shape index (κ2) is 7.06. The number of hydrogen-bond donors (Lipinski definition) is 2. The normalized spacial score (nSPS) is 11.8. The van der Waals surface area contributed by atoms with Crippen LogP contribution in [0.3, 0.4) is 0 Å². The van der Waals surface area contributed by atoms with E-state index in [-0.39, 0.29) is 11.6 Å². The number of aryl methyl sites for hydroxylation is 2. The minimum Gasteiger partial charge on any atom is -0.305 e. The summed E-state index contributed by atoms with van der Waals surface area (Å²) in [6, 6.07) is 5.46. The second-order valence-electron chi connectivity index (χ2n) is 5.49. The monoisotopic (exact) mass is 370 g/mol. The first-order chi connectivity index (χ1) is 12.0. The summed E-state index contributed by atoms with van der Waals surface area (Å²) in [5.41, 5.74) is 1.13. The van der Waals surface area contributed by atoms with Gasteiger partial charge in [0.15, 0.2) is 0 Å². The van der Waals surface area contributed by atoms with E-state index in [1.165, 1.54) is 36.7 Å². The van der Waals surface area contributed by atoms with Gasteiger partial charge in [-0.2, -0.15) is 17.6 Å². The number of carbonyl (C=O) groups excluding carboxylic acids is 2. The fourth-order valence-electron chi connectivity index (χ4n) is 1.88. The summed E-state index contributed by atoms with van der Waals surface area (Å²) in [6.45, 7) is 3.18. The fourth-order valence-corrected chi connectivity index (χ4v) is 1.88. The van der Waals surface area contributed by atoms with Crippen LogP contribution >= 0.6 is 0 Å². The number of carbonyl (C=O) groups is 2. The molecule has 0 saturated carbocycles. The maximum absolute atomic E-state index is 13.9. The van der Waals surface area contributed by atoms with E-state index in [0.717, 1.165) is 0 Å². The number of hydrogen-bond acceptors (Lipinski definition) is 4. The lowest BCUT2D eigenvalue weighted by Gasteiger charge is -2.24. The molecule has 2 amide bonds. The first-order valence-corrected chi connectivity index (χ1v) is 7.28. The van der Waals surface area contributed by atoms with Crippen molar-refractivity contribution in [2.24, 2.45) is 0 Å². The van der Waals surface area contributed by atoms with Crippen LogP contribution in [0.4, 0.5) is 29.2 Å². The molecule has 2 N–H and O–H groups in total. The Kier molecular flexibility index (Phi) is 5.24. The number of amides is 2. The van der Waals surface area contributed by atoms with Gasteiger partial charge in [-0.15, -0.1) is 0 Å². The van der Waals surface area contributed by atoms with E-state index in [9.17, 15) is 27.2 Å². The van der Waals surface area contributed by atoms with E-state index in [1.54, 1.807) is 24.5 Å². The maximum atomic E-state index is 13.9. The quantitative estimate of drug-likeness (QED) is 0.793. The molecule has 6 nitrogen and oxygen atoms in total. The molecular weight excluding hydrogens is 356 g/mol. The molecule has 0 atom stereocenters. The van der Waals surface area contributed by atoms with Gasteiger partial charge in [0.1, 0.15) is 11.6 Å². The van der Waals surface area contributed by atoms with Crippen molar-refractivity contribution in [2.75, 3.05) is 10.6 Å². The van der Waals surface area contributed by atoms with Crippen molar-refractivity contribution < 1.29 is 27.2 Å². The molecule has 0 saturated heterocycles. The Bertz CT molecular complexity index is 773. The first kappa shape index (κ1) is 19.3. The third-order valence-electron chi connectivity index (χ3n) is 3.28. The Morgan fingerprint density at radius 3 is 1.46 bits per heavy atom. The lowest BCUT2D eigenvalue weighted by Crippen LogP contribution is -2.56. The van der Waals surface area contributed by atoms with Gasteiger partial charge in [-0.25, -0.2) is 9.97 Å². The molecule has 26 heavy (non-hydrogen) atoms. The smallest absolute Gasteiger partial charge is 0.305 e. The molecule has 0 aliphatic heterocycles. The zero-order chi connectivity index (χ0) is 19.5. The standard InChI is InChI=1S/C16H14F4N4O2/c1-9-3-5-21-11(7-9)23-13(25)15(17,18)16(19,20)14(26)24-12-8-10(2)4-6-22-12/h3-8H,1-2H3,(H,21,23,25)(H,22,24,26). The number of aromatic nitrogens is 2. The zero-order valence-electron chi connectivity index (χ0n) is 13.7. The largest absolute Gasteiger partial charge is 0.396 e. The molecule has 0 radical (unpaired) electrons. The van der Waals surface area contributed by atoms with Gasteiger partial charge in [0, 0.05) is 12.4 Å². The minimum absolute atomic E-state index is 0.341. The molecule has 0 spiro atoms. The van der Waals surface area contributed by atoms with Crippen molar-refractivity contribution in [1.29, 1.82) is 0 Å². The predicted octanol–water partition coefficient (Wildman–Crippen LogP) is 2.94. The lowest BCUT2D eigenvalue weighted by atomic mass is 10.1. The van der Waals surface area contributed by atoms with E-state index < -0.39 is 23.7 Å². The van der Waals surface area contributed by atoms with Gasteiger partial charge in [-0.05, 0) is 49.2 Å². The SMILES string of the molecule is Cc1ccnc(NC(=O)C(F)(F)C(F)(F)C(=O)Nc2cc(C)ccn2)c1. The van der Waals surface area contributed by atoms with Crippen molar-refractivity contribution in [3.05, 3.63) is 47.8 Å². The zero-order valence-corrected chi connectivity index (χ0v) is 13.7. The molecule has 138 valence electrons. The van der Waals surface area contributed by atoms with Crippen LogP contribution in [0.25, 0.3) is 0 Å².